The summed E-state index contributed by atoms with van der Waals surface area (Å²) in [6.45, 7) is 3.98. The first-order chi connectivity index (χ1) is 5.07. The van der Waals surface area contributed by atoms with Gasteiger partial charge in [0.05, 0.1) is 0 Å². The van der Waals surface area contributed by atoms with E-state index in [1.165, 1.54) is 0 Å². The van der Waals surface area contributed by atoms with Crippen LogP contribution in [0.5, 0.6) is 0 Å². The van der Waals surface area contributed by atoms with Crippen molar-refractivity contribution in [3.63, 3.8) is 0 Å². The fraction of sp³-hybridized carbons (Fsp3) is 0.571. The smallest absolute Gasteiger partial charge is 0.324 e. The van der Waals surface area contributed by atoms with Crippen molar-refractivity contribution in [2.75, 3.05) is 12.8 Å². The molecule has 0 aliphatic rings. The lowest BCUT2D eigenvalue weighted by Crippen LogP contribution is -2.27. The maximum absolute atomic E-state index is 10.3. The number of allylic oxidation sites excluding steroid dienone is 1. The predicted molar refractivity (Wildman–Crippen MR) is 48.5 cm³/mol. The molecule has 3 nitrogen and oxygen atoms in total. The number of hydrogen-bond donors (Lipinski definition) is 2. The molecule has 0 saturated heterocycles. The van der Waals surface area contributed by atoms with Crippen molar-refractivity contribution in [3.8, 4) is 0 Å². The number of carbonyl (C=O) groups is 1. The van der Waals surface area contributed by atoms with E-state index in [1.807, 2.05) is 6.92 Å². The van der Waals surface area contributed by atoms with Crippen LogP contribution in [0.15, 0.2) is 11.6 Å². The lowest BCUT2D eigenvalue weighted by atomic mass is 10.2. The second kappa shape index (κ2) is 5.28. The van der Waals surface area contributed by atoms with Gasteiger partial charge in [-0.2, -0.15) is 0 Å². The molecule has 0 aliphatic carbocycles. The molecular formula is C7H14NO2P. The third kappa shape index (κ3) is 4.93. The molecule has 0 amide bonds. The summed E-state index contributed by atoms with van der Waals surface area (Å²) in [6, 6.07) is -0.841. The van der Waals surface area contributed by atoms with Crippen LogP contribution in [0.2, 0.25) is 0 Å². The summed E-state index contributed by atoms with van der Waals surface area (Å²) in [7, 11) is 0.814. The van der Waals surface area contributed by atoms with Gasteiger partial charge in [0.25, 0.3) is 0 Å². The summed E-state index contributed by atoms with van der Waals surface area (Å²) < 4.78 is 0. The van der Waals surface area contributed by atoms with Crippen molar-refractivity contribution in [1.29, 1.82) is 0 Å². The van der Waals surface area contributed by atoms with Crippen LogP contribution in [-0.4, -0.2) is 29.9 Å². The van der Waals surface area contributed by atoms with Gasteiger partial charge in [-0.1, -0.05) is 11.6 Å². The molecule has 3 N–H and O–H groups in total. The molecule has 0 aromatic rings. The number of carboxylic acid groups (broad SMARTS) is 1. The van der Waals surface area contributed by atoms with Crippen molar-refractivity contribution in [3.05, 3.63) is 11.6 Å². The van der Waals surface area contributed by atoms with Crippen molar-refractivity contribution in [2.24, 2.45) is 5.73 Å². The van der Waals surface area contributed by atoms with Gasteiger partial charge in [0, 0.05) is 0 Å². The molecule has 0 saturated carbocycles. The topological polar surface area (TPSA) is 63.3 Å². The number of hydrogen-bond acceptors (Lipinski definition) is 2. The van der Waals surface area contributed by atoms with E-state index in [-0.39, 0.29) is 0 Å². The van der Waals surface area contributed by atoms with Gasteiger partial charge in [0.1, 0.15) is 6.04 Å². The first-order valence-electron chi connectivity index (χ1n) is 3.38. The second-order valence-corrected chi connectivity index (χ2v) is 3.47. The minimum Gasteiger partial charge on any atom is -0.480 e. The van der Waals surface area contributed by atoms with Gasteiger partial charge < -0.3 is 10.8 Å². The van der Waals surface area contributed by atoms with E-state index in [0.717, 1.165) is 20.3 Å². The van der Waals surface area contributed by atoms with Gasteiger partial charge in [-0.3, -0.25) is 4.79 Å². The number of aliphatic carboxylic acids is 1. The minimum atomic E-state index is -0.969. The SMILES string of the molecule is CPC/C(C)=C/C(N)C(=O)O. The minimum absolute atomic E-state index is 0.814. The average molecular weight is 175 g/mol. The molecule has 0 aliphatic heterocycles. The van der Waals surface area contributed by atoms with Crippen LogP contribution >= 0.6 is 8.58 Å². The zero-order valence-electron chi connectivity index (χ0n) is 6.79. The van der Waals surface area contributed by atoms with E-state index < -0.39 is 12.0 Å². The van der Waals surface area contributed by atoms with Crippen LogP contribution in [-0.2, 0) is 4.79 Å². The van der Waals surface area contributed by atoms with E-state index in [9.17, 15) is 4.79 Å². The second-order valence-electron chi connectivity index (χ2n) is 2.41. The molecule has 0 rings (SSSR count). The van der Waals surface area contributed by atoms with E-state index >= 15 is 0 Å². The average Bonchev–Trinajstić information content (AvgIpc) is 1.87. The Morgan fingerprint density at radius 2 is 2.36 bits per heavy atom. The van der Waals surface area contributed by atoms with Crippen molar-refractivity contribution in [1.82, 2.24) is 0 Å². The van der Waals surface area contributed by atoms with E-state index in [0.29, 0.717) is 0 Å². The molecule has 0 radical (unpaired) electrons. The molecule has 0 fully saturated rings. The number of nitrogens with two attached hydrogens (primary N) is 1. The van der Waals surface area contributed by atoms with E-state index in [4.69, 9.17) is 10.8 Å². The largest absolute Gasteiger partial charge is 0.480 e. The molecule has 4 heteroatoms. The normalized spacial score (nSPS) is 15.7. The van der Waals surface area contributed by atoms with Gasteiger partial charge in [-0.15, -0.1) is 8.58 Å². The molecular weight excluding hydrogens is 161 g/mol. The predicted octanol–water partition coefficient (Wildman–Crippen LogP) is 0.653. The maximum Gasteiger partial charge on any atom is 0.324 e. The molecule has 0 aromatic carbocycles. The van der Waals surface area contributed by atoms with Crippen LogP contribution in [0.1, 0.15) is 6.92 Å². The molecule has 0 aromatic heterocycles. The lowest BCUT2D eigenvalue weighted by molar-refractivity contribution is -0.137. The highest BCUT2D eigenvalue weighted by atomic mass is 31.1. The standard InChI is InChI=1S/C7H14NO2P/c1-5(4-11-2)3-6(8)7(9)10/h3,6,11H,4,8H2,1-2H3,(H,9,10)/b5-3+. The molecule has 0 bridgehead atoms. The number of carboxylic acids is 1. The third-order valence-electron chi connectivity index (χ3n) is 1.20. The van der Waals surface area contributed by atoms with Crippen LogP contribution < -0.4 is 5.73 Å². The lowest BCUT2D eigenvalue weighted by Gasteiger charge is -2.01. The Bertz CT molecular complexity index is 168. The molecule has 2 unspecified atom stereocenters. The molecule has 0 heterocycles. The van der Waals surface area contributed by atoms with Crippen LogP contribution in [0, 0.1) is 0 Å². The van der Waals surface area contributed by atoms with Crippen molar-refractivity contribution < 1.29 is 9.90 Å². The first-order valence-corrected chi connectivity index (χ1v) is 5.09. The Balaban J connectivity index is 3.96. The third-order valence-corrected chi connectivity index (χ3v) is 2.12. The Kier molecular flexibility index (Phi) is 5.08. The Morgan fingerprint density at radius 3 is 2.73 bits per heavy atom. The maximum atomic E-state index is 10.3. The van der Waals surface area contributed by atoms with Crippen LogP contribution in [0.3, 0.4) is 0 Å². The highest BCUT2D eigenvalue weighted by Crippen LogP contribution is 2.09. The zero-order valence-corrected chi connectivity index (χ0v) is 7.79. The molecule has 0 spiro atoms. The fourth-order valence-electron chi connectivity index (χ4n) is 0.716. The Hall–Kier alpha value is -0.400. The summed E-state index contributed by atoms with van der Waals surface area (Å²) in [5, 5.41) is 8.43. The summed E-state index contributed by atoms with van der Waals surface area (Å²) in [5.41, 5.74) is 6.33. The van der Waals surface area contributed by atoms with Gasteiger partial charge in [-0.05, 0) is 19.8 Å². The highest BCUT2D eigenvalue weighted by Gasteiger charge is 2.06. The number of rotatable bonds is 4. The zero-order chi connectivity index (χ0) is 8.85. The Labute approximate surface area is 68.4 Å². The van der Waals surface area contributed by atoms with Gasteiger partial charge >= 0.3 is 5.97 Å². The summed E-state index contributed by atoms with van der Waals surface area (Å²) >= 11 is 0. The van der Waals surface area contributed by atoms with Crippen LogP contribution in [0.25, 0.3) is 0 Å². The van der Waals surface area contributed by atoms with E-state index in [2.05, 4.69) is 6.66 Å². The molecule has 64 valence electrons. The quantitative estimate of drug-likeness (QED) is 0.487. The first kappa shape index (κ1) is 10.6. The monoisotopic (exact) mass is 175 g/mol. The van der Waals surface area contributed by atoms with E-state index in [1.54, 1.807) is 6.08 Å². The summed E-state index contributed by atoms with van der Waals surface area (Å²) in [4.78, 5) is 10.3. The molecule has 11 heavy (non-hydrogen) atoms. The Morgan fingerprint density at radius 1 is 1.82 bits per heavy atom. The van der Waals surface area contributed by atoms with Gasteiger partial charge in [0.15, 0.2) is 0 Å². The van der Waals surface area contributed by atoms with Gasteiger partial charge in [0.2, 0.25) is 0 Å². The fourth-order valence-corrected chi connectivity index (χ4v) is 1.39. The summed E-state index contributed by atoms with van der Waals surface area (Å²) in [5.74, 6) is -0.969. The highest BCUT2D eigenvalue weighted by molar-refractivity contribution is 7.37. The molecule has 2 atom stereocenters. The van der Waals surface area contributed by atoms with Crippen molar-refractivity contribution >= 4 is 14.6 Å². The van der Waals surface area contributed by atoms with Gasteiger partial charge in [-0.25, -0.2) is 0 Å². The summed E-state index contributed by atoms with van der Waals surface area (Å²) in [6.07, 6.45) is 2.54. The van der Waals surface area contributed by atoms with Crippen molar-refractivity contribution in [2.45, 2.75) is 13.0 Å². The van der Waals surface area contributed by atoms with Crippen LogP contribution in [0.4, 0.5) is 0 Å².